The Hall–Kier alpha value is -3.21. The Morgan fingerprint density at radius 2 is 1.57 bits per heavy atom. The van der Waals surface area contributed by atoms with Gasteiger partial charge in [0.15, 0.2) is 0 Å². The minimum Gasteiger partial charge on any atom is -0.481 e. The van der Waals surface area contributed by atoms with Gasteiger partial charge in [0.1, 0.15) is 0 Å². The number of rotatable bonds is 6. The Labute approximate surface area is 161 Å². The topological polar surface area (TPSA) is 137 Å². The van der Waals surface area contributed by atoms with E-state index in [9.17, 15) is 18.0 Å². The molecule has 11 heteroatoms. The average Bonchev–Trinajstić information content (AvgIpc) is 3.52. The van der Waals surface area contributed by atoms with Crippen LogP contribution in [0.4, 0.5) is 16.4 Å². The normalized spacial score (nSPS) is 13.5. The van der Waals surface area contributed by atoms with E-state index in [1.54, 1.807) is 0 Å². The first kappa shape index (κ1) is 19.5. The van der Waals surface area contributed by atoms with E-state index in [1.165, 1.54) is 44.6 Å². The summed E-state index contributed by atoms with van der Waals surface area (Å²) in [6, 6.07) is 6.12. The predicted octanol–water partition coefficient (Wildman–Crippen LogP) is 1.85. The Bertz CT molecular complexity index is 981. The van der Waals surface area contributed by atoms with Crippen LogP contribution in [0, 0.1) is 5.92 Å². The first-order valence-corrected chi connectivity index (χ1v) is 9.76. The van der Waals surface area contributed by atoms with Gasteiger partial charge in [-0.3, -0.25) is 10.1 Å². The third kappa shape index (κ3) is 4.36. The predicted molar refractivity (Wildman–Crippen MR) is 99.1 cm³/mol. The van der Waals surface area contributed by atoms with Crippen molar-refractivity contribution in [1.82, 2.24) is 9.97 Å². The number of benzene rings is 1. The Kier molecular flexibility index (Phi) is 5.45. The molecule has 0 bridgehead atoms. The second-order valence-corrected chi connectivity index (χ2v) is 7.86. The van der Waals surface area contributed by atoms with Gasteiger partial charge in [-0.05, 0) is 37.1 Å². The van der Waals surface area contributed by atoms with Gasteiger partial charge in [-0.1, -0.05) is 0 Å². The standard InChI is InChI=1S/C17H18N4O6S/c1-26-13-9-14(27-2)20-16(19-13)21-17(23)18-11-5-7-12(8-6-11)28(24,25)15(22)10-3-4-10/h5-10H,3-4H2,1-2H3,(H2,18,19,20,21,23). The lowest BCUT2D eigenvalue weighted by Gasteiger charge is -2.09. The second kappa shape index (κ2) is 7.80. The highest BCUT2D eigenvalue weighted by molar-refractivity contribution is 8.06. The number of nitrogens with zero attached hydrogens (tertiary/aromatic N) is 2. The first-order chi connectivity index (χ1) is 13.3. The van der Waals surface area contributed by atoms with Gasteiger partial charge in [0.25, 0.3) is 5.12 Å². The highest BCUT2D eigenvalue weighted by atomic mass is 32.2. The number of urea groups is 1. The van der Waals surface area contributed by atoms with E-state index < -0.39 is 26.9 Å². The van der Waals surface area contributed by atoms with Crippen molar-refractivity contribution in [1.29, 1.82) is 0 Å². The molecule has 0 atom stereocenters. The summed E-state index contributed by atoms with van der Waals surface area (Å²) in [5.41, 5.74) is 0.324. The van der Waals surface area contributed by atoms with Gasteiger partial charge in [0, 0.05) is 11.6 Å². The van der Waals surface area contributed by atoms with Crippen molar-refractivity contribution in [2.24, 2.45) is 5.92 Å². The lowest BCUT2D eigenvalue weighted by Crippen LogP contribution is -2.21. The molecule has 1 saturated carbocycles. The molecule has 3 rings (SSSR count). The Morgan fingerprint density at radius 3 is 2.07 bits per heavy atom. The number of ether oxygens (including phenoxy) is 2. The third-order valence-corrected chi connectivity index (χ3v) is 5.68. The van der Waals surface area contributed by atoms with E-state index in [2.05, 4.69) is 20.6 Å². The summed E-state index contributed by atoms with van der Waals surface area (Å²) in [6.45, 7) is 0. The van der Waals surface area contributed by atoms with Crippen molar-refractivity contribution in [2.75, 3.05) is 24.9 Å². The average molecular weight is 406 g/mol. The molecule has 1 aromatic carbocycles. The molecule has 0 spiro atoms. The fourth-order valence-corrected chi connectivity index (χ4v) is 3.71. The fraction of sp³-hybridized carbons (Fsp3) is 0.294. The minimum absolute atomic E-state index is 0.0390. The van der Waals surface area contributed by atoms with Crippen molar-refractivity contribution in [2.45, 2.75) is 17.7 Å². The van der Waals surface area contributed by atoms with Crippen molar-refractivity contribution in [3.8, 4) is 11.8 Å². The molecule has 0 radical (unpaired) electrons. The summed E-state index contributed by atoms with van der Waals surface area (Å²) in [4.78, 5) is 31.8. The molecule has 10 nitrogen and oxygen atoms in total. The molecule has 0 aliphatic heterocycles. The van der Waals surface area contributed by atoms with Crippen LogP contribution in [0.3, 0.4) is 0 Å². The number of carbonyl (C=O) groups is 2. The number of methoxy groups -OCH3 is 2. The number of hydrogen-bond acceptors (Lipinski definition) is 8. The summed E-state index contributed by atoms with van der Waals surface area (Å²) >= 11 is 0. The largest absolute Gasteiger partial charge is 0.481 e. The summed E-state index contributed by atoms with van der Waals surface area (Å²) in [5, 5.41) is 4.18. The van der Waals surface area contributed by atoms with Gasteiger partial charge in [0.2, 0.25) is 27.5 Å². The molecule has 0 unspecified atom stereocenters. The van der Waals surface area contributed by atoms with Gasteiger partial charge >= 0.3 is 6.03 Å². The second-order valence-electron chi connectivity index (χ2n) is 5.98. The van der Waals surface area contributed by atoms with Gasteiger partial charge in [0.05, 0.1) is 25.2 Å². The zero-order valence-corrected chi connectivity index (χ0v) is 15.9. The first-order valence-electron chi connectivity index (χ1n) is 8.27. The summed E-state index contributed by atoms with van der Waals surface area (Å²) < 4.78 is 34.4. The van der Waals surface area contributed by atoms with E-state index >= 15 is 0 Å². The highest BCUT2D eigenvalue weighted by Crippen LogP contribution is 2.33. The zero-order valence-electron chi connectivity index (χ0n) is 15.1. The summed E-state index contributed by atoms with van der Waals surface area (Å²) in [6.07, 6.45) is 1.21. The van der Waals surface area contributed by atoms with Crippen molar-refractivity contribution in [3.63, 3.8) is 0 Å². The fourth-order valence-electron chi connectivity index (χ4n) is 2.30. The SMILES string of the molecule is COc1cc(OC)nc(NC(=O)Nc2ccc(S(=O)(=O)C(=O)C3CC3)cc2)n1. The van der Waals surface area contributed by atoms with Crippen molar-refractivity contribution >= 4 is 32.6 Å². The maximum absolute atomic E-state index is 12.2. The van der Waals surface area contributed by atoms with Crippen LogP contribution >= 0.6 is 0 Å². The van der Waals surface area contributed by atoms with Gasteiger partial charge in [-0.15, -0.1) is 0 Å². The van der Waals surface area contributed by atoms with E-state index in [0.717, 1.165) is 0 Å². The molecule has 2 amide bonds. The summed E-state index contributed by atoms with van der Waals surface area (Å²) in [5.74, 6) is -0.0227. The molecule has 2 aromatic rings. The van der Waals surface area contributed by atoms with Gasteiger partial charge in [-0.2, -0.15) is 9.97 Å². The van der Waals surface area contributed by atoms with Crippen LogP contribution in [-0.4, -0.2) is 43.8 Å². The zero-order chi connectivity index (χ0) is 20.3. The molecular weight excluding hydrogens is 388 g/mol. The summed E-state index contributed by atoms with van der Waals surface area (Å²) in [7, 11) is -1.18. The number of anilines is 2. The van der Waals surface area contributed by atoms with Crippen LogP contribution in [0.5, 0.6) is 11.8 Å². The van der Waals surface area contributed by atoms with Gasteiger partial charge in [-0.25, -0.2) is 13.2 Å². The molecule has 1 aromatic heterocycles. The van der Waals surface area contributed by atoms with Crippen LogP contribution in [0.1, 0.15) is 12.8 Å². The van der Waals surface area contributed by atoms with E-state index in [4.69, 9.17) is 9.47 Å². The van der Waals surface area contributed by atoms with Gasteiger partial charge < -0.3 is 14.8 Å². The molecule has 1 aliphatic carbocycles. The van der Waals surface area contributed by atoms with E-state index in [0.29, 0.717) is 18.5 Å². The maximum Gasteiger partial charge on any atom is 0.326 e. The number of amides is 2. The quantitative estimate of drug-likeness (QED) is 0.741. The molecule has 148 valence electrons. The number of carbonyl (C=O) groups excluding carboxylic acids is 2. The van der Waals surface area contributed by atoms with Crippen LogP contribution < -0.4 is 20.1 Å². The lowest BCUT2D eigenvalue weighted by molar-refractivity contribution is -0.112. The molecule has 28 heavy (non-hydrogen) atoms. The number of aromatic nitrogens is 2. The smallest absolute Gasteiger partial charge is 0.326 e. The van der Waals surface area contributed by atoms with Crippen molar-refractivity contribution in [3.05, 3.63) is 30.3 Å². The number of nitrogens with one attached hydrogen (secondary N) is 2. The molecule has 1 fully saturated rings. The maximum atomic E-state index is 12.2. The van der Waals surface area contributed by atoms with E-state index in [1.807, 2.05) is 0 Å². The number of sulfone groups is 1. The highest BCUT2D eigenvalue weighted by Gasteiger charge is 2.39. The number of hydrogen-bond donors (Lipinski definition) is 2. The molecule has 1 heterocycles. The van der Waals surface area contributed by atoms with Crippen LogP contribution in [0.15, 0.2) is 35.2 Å². The molecule has 2 N–H and O–H groups in total. The monoisotopic (exact) mass is 406 g/mol. The molecule has 0 saturated heterocycles. The Morgan fingerprint density at radius 1 is 1.00 bits per heavy atom. The van der Waals surface area contributed by atoms with Crippen LogP contribution in [0.25, 0.3) is 0 Å². The van der Waals surface area contributed by atoms with E-state index in [-0.39, 0.29) is 22.6 Å². The van der Waals surface area contributed by atoms with Crippen LogP contribution in [-0.2, 0) is 14.6 Å². The van der Waals surface area contributed by atoms with Crippen molar-refractivity contribution < 1.29 is 27.5 Å². The molecular formula is C17H18N4O6S. The molecule has 1 aliphatic rings. The Balaban J connectivity index is 1.67. The third-order valence-electron chi connectivity index (χ3n) is 3.92. The lowest BCUT2D eigenvalue weighted by atomic mass is 10.3. The van der Waals surface area contributed by atoms with Crippen LogP contribution in [0.2, 0.25) is 0 Å². The minimum atomic E-state index is -4.00.